The number of methoxy groups -OCH3 is 1. The zero-order chi connectivity index (χ0) is 13.5. The third-order valence-electron chi connectivity index (χ3n) is 2.63. The van der Waals surface area contributed by atoms with Crippen LogP contribution < -0.4 is 4.74 Å². The Labute approximate surface area is 111 Å². The van der Waals surface area contributed by atoms with Crippen LogP contribution in [-0.4, -0.2) is 36.9 Å². The maximum atomic E-state index is 13.5. The summed E-state index contributed by atoms with van der Waals surface area (Å²) in [7, 11) is 1.39. The number of alkyl halides is 1. The van der Waals surface area contributed by atoms with E-state index in [4.69, 9.17) is 16.3 Å². The second-order valence-corrected chi connectivity index (χ2v) is 4.15. The quantitative estimate of drug-likeness (QED) is 0.746. The van der Waals surface area contributed by atoms with Crippen LogP contribution in [0.2, 0.25) is 0 Å². The minimum absolute atomic E-state index is 0.135. The Morgan fingerprint density at radius 3 is 2.72 bits per heavy atom. The number of hydrogen-bond acceptors (Lipinski definition) is 2. The molecule has 100 valence electrons. The molecule has 1 amide bonds. The van der Waals surface area contributed by atoms with Crippen molar-refractivity contribution in [3.8, 4) is 5.75 Å². The van der Waals surface area contributed by atoms with E-state index in [1.165, 1.54) is 19.2 Å². The van der Waals surface area contributed by atoms with Crippen LogP contribution in [0, 0.1) is 5.82 Å². The highest BCUT2D eigenvalue weighted by Crippen LogP contribution is 2.18. The lowest BCUT2D eigenvalue weighted by Gasteiger charge is -2.20. The summed E-state index contributed by atoms with van der Waals surface area (Å²) in [5.41, 5.74) is 0.324. The highest BCUT2D eigenvalue weighted by molar-refractivity contribution is 6.17. The van der Waals surface area contributed by atoms with Crippen LogP contribution in [0.5, 0.6) is 5.75 Å². The summed E-state index contributed by atoms with van der Waals surface area (Å²) >= 11 is 5.60. The summed E-state index contributed by atoms with van der Waals surface area (Å²) in [4.78, 5) is 13.8. The highest BCUT2D eigenvalue weighted by atomic mass is 35.5. The van der Waals surface area contributed by atoms with Crippen molar-refractivity contribution in [2.45, 2.75) is 13.3 Å². The number of ether oxygens (including phenoxy) is 1. The van der Waals surface area contributed by atoms with E-state index in [1.807, 2.05) is 6.92 Å². The molecule has 0 saturated carbocycles. The van der Waals surface area contributed by atoms with E-state index in [0.717, 1.165) is 6.42 Å². The van der Waals surface area contributed by atoms with Crippen LogP contribution in [0.25, 0.3) is 0 Å². The lowest BCUT2D eigenvalue weighted by Crippen LogP contribution is -2.32. The molecule has 0 fully saturated rings. The first kappa shape index (κ1) is 14.8. The van der Waals surface area contributed by atoms with Crippen molar-refractivity contribution in [2.24, 2.45) is 0 Å². The first-order chi connectivity index (χ1) is 8.63. The molecule has 0 aliphatic heterocycles. The fraction of sp³-hybridized carbons (Fsp3) is 0.462. The second-order valence-electron chi connectivity index (χ2n) is 3.78. The lowest BCUT2D eigenvalue weighted by atomic mass is 10.1. The lowest BCUT2D eigenvalue weighted by molar-refractivity contribution is 0.0764. The van der Waals surface area contributed by atoms with E-state index in [0.29, 0.717) is 24.5 Å². The molecule has 0 radical (unpaired) electrons. The molecule has 0 aliphatic rings. The van der Waals surface area contributed by atoms with Crippen molar-refractivity contribution in [2.75, 3.05) is 26.1 Å². The highest BCUT2D eigenvalue weighted by Gasteiger charge is 2.15. The van der Waals surface area contributed by atoms with Gasteiger partial charge in [0.15, 0.2) is 11.6 Å². The summed E-state index contributed by atoms with van der Waals surface area (Å²) in [5.74, 6) is -0.0860. The van der Waals surface area contributed by atoms with E-state index in [-0.39, 0.29) is 11.7 Å². The van der Waals surface area contributed by atoms with Gasteiger partial charge in [0.1, 0.15) is 0 Å². The fourth-order valence-electron chi connectivity index (χ4n) is 1.64. The minimum Gasteiger partial charge on any atom is -0.494 e. The number of halogens is 2. The number of rotatable bonds is 6. The zero-order valence-corrected chi connectivity index (χ0v) is 11.3. The molecule has 5 heteroatoms. The summed E-state index contributed by atoms with van der Waals surface area (Å²) in [6, 6.07) is 4.22. The average Bonchev–Trinajstić information content (AvgIpc) is 2.39. The molecule has 0 saturated heterocycles. The van der Waals surface area contributed by atoms with Gasteiger partial charge in [0.2, 0.25) is 0 Å². The second kappa shape index (κ2) is 7.21. The van der Waals surface area contributed by atoms with E-state index in [1.54, 1.807) is 11.0 Å². The number of carbonyl (C=O) groups excluding carboxylic acids is 1. The Morgan fingerprint density at radius 1 is 1.50 bits per heavy atom. The molecule has 0 bridgehead atoms. The Hall–Kier alpha value is -1.29. The minimum atomic E-state index is -0.531. The van der Waals surface area contributed by atoms with Crippen LogP contribution in [0.15, 0.2) is 18.2 Å². The molecule has 18 heavy (non-hydrogen) atoms. The predicted molar refractivity (Wildman–Crippen MR) is 69.9 cm³/mol. The van der Waals surface area contributed by atoms with Gasteiger partial charge in [-0.25, -0.2) is 4.39 Å². The number of hydrogen-bond donors (Lipinski definition) is 0. The molecular weight excluding hydrogens is 257 g/mol. The standard InChI is InChI=1S/C13H17ClFNO2/c1-3-16(8-4-7-14)13(17)10-5-6-12(18-2)11(15)9-10/h5-6,9H,3-4,7-8H2,1-2H3. The van der Waals surface area contributed by atoms with E-state index in [2.05, 4.69) is 0 Å². The Bertz CT molecular complexity index is 412. The smallest absolute Gasteiger partial charge is 0.253 e. The first-order valence-electron chi connectivity index (χ1n) is 5.82. The normalized spacial score (nSPS) is 10.2. The molecule has 0 heterocycles. The van der Waals surface area contributed by atoms with Gasteiger partial charge in [0, 0.05) is 24.5 Å². The van der Waals surface area contributed by atoms with Gasteiger partial charge in [0.05, 0.1) is 7.11 Å². The molecule has 1 aromatic carbocycles. The number of carbonyl (C=O) groups is 1. The number of amides is 1. The first-order valence-corrected chi connectivity index (χ1v) is 6.36. The van der Waals surface area contributed by atoms with Gasteiger partial charge in [-0.3, -0.25) is 4.79 Å². The predicted octanol–water partition coefficient (Wildman–Crippen LogP) is 2.93. The van der Waals surface area contributed by atoms with Crippen molar-refractivity contribution in [1.29, 1.82) is 0 Å². The Morgan fingerprint density at radius 2 is 2.22 bits per heavy atom. The molecule has 0 atom stereocenters. The summed E-state index contributed by atoms with van der Waals surface area (Å²) in [6.07, 6.45) is 0.722. The molecule has 1 rings (SSSR count). The molecular formula is C13H17ClFNO2. The molecule has 0 aliphatic carbocycles. The maximum absolute atomic E-state index is 13.5. The third kappa shape index (κ3) is 3.60. The van der Waals surface area contributed by atoms with Crippen molar-refractivity contribution in [3.05, 3.63) is 29.6 Å². The van der Waals surface area contributed by atoms with Crippen molar-refractivity contribution in [3.63, 3.8) is 0 Å². The molecule has 1 aromatic rings. The molecule has 0 N–H and O–H groups in total. The van der Waals surface area contributed by atoms with Gasteiger partial charge in [-0.15, -0.1) is 11.6 Å². The van der Waals surface area contributed by atoms with Gasteiger partial charge >= 0.3 is 0 Å². The van der Waals surface area contributed by atoms with E-state index >= 15 is 0 Å². The van der Waals surface area contributed by atoms with Crippen LogP contribution in [0.3, 0.4) is 0 Å². The Balaban J connectivity index is 2.84. The molecule has 3 nitrogen and oxygen atoms in total. The molecule has 0 spiro atoms. The summed E-state index contributed by atoms with van der Waals surface area (Å²) < 4.78 is 18.3. The number of benzene rings is 1. The van der Waals surface area contributed by atoms with Crippen LogP contribution >= 0.6 is 11.6 Å². The van der Waals surface area contributed by atoms with Gasteiger partial charge < -0.3 is 9.64 Å². The summed E-state index contributed by atoms with van der Waals surface area (Å²) in [5, 5.41) is 0. The van der Waals surface area contributed by atoms with Crippen molar-refractivity contribution < 1.29 is 13.9 Å². The van der Waals surface area contributed by atoms with E-state index < -0.39 is 5.82 Å². The van der Waals surface area contributed by atoms with Gasteiger partial charge in [-0.05, 0) is 31.5 Å². The average molecular weight is 274 g/mol. The SMILES string of the molecule is CCN(CCCCl)C(=O)c1ccc(OC)c(F)c1. The van der Waals surface area contributed by atoms with Crippen LogP contribution in [0.1, 0.15) is 23.7 Å². The molecule has 0 aromatic heterocycles. The zero-order valence-electron chi connectivity index (χ0n) is 10.6. The van der Waals surface area contributed by atoms with Crippen molar-refractivity contribution >= 4 is 17.5 Å². The fourth-order valence-corrected chi connectivity index (χ4v) is 1.76. The maximum Gasteiger partial charge on any atom is 0.253 e. The van der Waals surface area contributed by atoms with Gasteiger partial charge in [0.25, 0.3) is 5.91 Å². The third-order valence-corrected chi connectivity index (χ3v) is 2.90. The van der Waals surface area contributed by atoms with Crippen LogP contribution in [0.4, 0.5) is 4.39 Å². The largest absolute Gasteiger partial charge is 0.494 e. The molecule has 0 unspecified atom stereocenters. The van der Waals surface area contributed by atoms with Crippen LogP contribution in [-0.2, 0) is 0 Å². The van der Waals surface area contributed by atoms with E-state index in [9.17, 15) is 9.18 Å². The monoisotopic (exact) mass is 273 g/mol. The number of nitrogens with zero attached hydrogens (tertiary/aromatic N) is 1. The Kier molecular flexibility index (Phi) is 5.92. The van der Waals surface area contributed by atoms with Crippen molar-refractivity contribution in [1.82, 2.24) is 4.90 Å². The van der Waals surface area contributed by atoms with Gasteiger partial charge in [-0.2, -0.15) is 0 Å². The van der Waals surface area contributed by atoms with Gasteiger partial charge in [-0.1, -0.05) is 0 Å². The summed E-state index contributed by atoms with van der Waals surface area (Å²) in [6.45, 7) is 3.03. The topological polar surface area (TPSA) is 29.5 Å².